The van der Waals surface area contributed by atoms with Gasteiger partial charge in [-0.1, -0.05) is 6.07 Å². The standard InChI is InChI=1S/C16H13N5O2/c17-9-2-1-3-11-15(9)21-14(19-11)7-13-18-10-5-4-8(16(22)23)6-12(10)20-13/h1-6H,7,17H2,(H,18,20)(H,19,21)(H,22,23). The number of aromatic amines is 2. The van der Waals surface area contributed by atoms with Crippen molar-refractivity contribution >= 4 is 33.7 Å². The Hall–Kier alpha value is -3.35. The number of nitrogens with zero attached hydrogens (tertiary/aromatic N) is 2. The van der Waals surface area contributed by atoms with Gasteiger partial charge in [0.25, 0.3) is 0 Å². The number of benzene rings is 2. The topological polar surface area (TPSA) is 121 Å². The minimum Gasteiger partial charge on any atom is -0.478 e. The van der Waals surface area contributed by atoms with Crippen LogP contribution < -0.4 is 5.73 Å². The number of nitrogens with one attached hydrogen (secondary N) is 2. The molecule has 0 atom stereocenters. The van der Waals surface area contributed by atoms with Crippen molar-refractivity contribution in [3.63, 3.8) is 0 Å². The van der Waals surface area contributed by atoms with Gasteiger partial charge in [0.2, 0.25) is 0 Å². The number of para-hydroxylation sites is 1. The summed E-state index contributed by atoms with van der Waals surface area (Å²) in [5, 5.41) is 9.03. The number of carbonyl (C=O) groups is 1. The zero-order valence-electron chi connectivity index (χ0n) is 12.0. The van der Waals surface area contributed by atoms with E-state index in [0.717, 1.165) is 22.4 Å². The molecule has 23 heavy (non-hydrogen) atoms. The molecule has 0 bridgehead atoms. The molecule has 7 nitrogen and oxygen atoms in total. The first-order valence-electron chi connectivity index (χ1n) is 7.05. The highest BCUT2D eigenvalue weighted by atomic mass is 16.4. The SMILES string of the molecule is Nc1cccc2[nH]c(Cc3nc4cc(C(=O)O)ccc4[nH]3)nc12. The van der Waals surface area contributed by atoms with Crippen LogP contribution in [0.5, 0.6) is 0 Å². The molecule has 7 heteroatoms. The molecule has 0 fully saturated rings. The van der Waals surface area contributed by atoms with Gasteiger partial charge in [0.15, 0.2) is 0 Å². The maximum absolute atomic E-state index is 11.0. The Labute approximate surface area is 130 Å². The molecule has 114 valence electrons. The molecular weight excluding hydrogens is 294 g/mol. The average molecular weight is 307 g/mol. The largest absolute Gasteiger partial charge is 0.478 e. The number of anilines is 1. The maximum atomic E-state index is 11.0. The summed E-state index contributed by atoms with van der Waals surface area (Å²) in [4.78, 5) is 26.3. The lowest BCUT2D eigenvalue weighted by Crippen LogP contribution is -1.94. The average Bonchev–Trinajstić information content (AvgIpc) is 3.10. The number of nitrogens with two attached hydrogens (primary N) is 1. The lowest BCUT2D eigenvalue weighted by molar-refractivity contribution is 0.0697. The number of hydrogen-bond acceptors (Lipinski definition) is 4. The zero-order valence-corrected chi connectivity index (χ0v) is 12.0. The Morgan fingerprint density at radius 2 is 1.87 bits per heavy atom. The highest BCUT2D eigenvalue weighted by molar-refractivity contribution is 5.92. The highest BCUT2D eigenvalue weighted by Crippen LogP contribution is 2.20. The van der Waals surface area contributed by atoms with Crippen molar-refractivity contribution in [2.75, 3.05) is 5.73 Å². The lowest BCUT2D eigenvalue weighted by Gasteiger charge is -1.92. The van der Waals surface area contributed by atoms with Gasteiger partial charge in [-0.15, -0.1) is 0 Å². The number of aromatic carboxylic acids is 1. The minimum absolute atomic E-state index is 0.215. The lowest BCUT2D eigenvalue weighted by atomic mass is 10.2. The molecule has 0 spiro atoms. The van der Waals surface area contributed by atoms with E-state index in [0.29, 0.717) is 23.4 Å². The van der Waals surface area contributed by atoms with E-state index in [-0.39, 0.29) is 5.56 Å². The van der Waals surface area contributed by atoms with Gasteiger partial charge < -0.3 is 20.8 Å². The Bertz CT molecular complexity index is 1050. The zero-order chi connectivity index (χ0) is 16.0. The van der Waals surface area contributed by atoms with Crippen LogP contribution in [-0.2, 0) is 6.42 Å². The number of carboxylic acids is 1. The van der Waals surface area contributed by atoms with Crippen molar-refractivity contribution in [1.29, 1.82) is 0 Å². The third-order valence-electron chi connectivity index (χ3n) is 3.71. The van der Waals surface area contributed by atoms with E-state index in [1.165, 1.54) is 0 Å². The molecule has 0 amide bonds. The van der Waals surface area contributed by atoms with Gasteiger partial charge in [0.05, 0.1) is 34.2 Å². The summed E-state index contributed by atoms with van der Waals surface area (Å²) >= 11 is 0. The molecule has 0 unspecified atom stereocenters. The van der Waals surface area contributed by atoms with Crippen molar-refractivity contribution in [3.05, 3.63) is 53.6 Å². The molecular formula is C16H13N5O2. The molecule has 2 aromatic heterocycles. The van der Waals surface area contributed by atoms with E-state index in [1.807, 2.05) is 18.2 Å². The van der Waals surface area contributed by atoms with E-state index < -0.39 is 5.97 Å². The number of rotatable bonds is 3. The van der Waals surface area contributed by atoms with E-state index in [4.69, 9.17) is 10.8 Å². The summed E-state index contributed by atoms with van der Waals surface area (Å²) in [5.41, 5.74) is 9.78. The summed E-state index contributed by atoms with van der Waals surface area (Å²) in [6.45, 7) is 0. The molecule has 4 rings (SSSR count). The van der Waals surface area contributed by atoms with E-state index in [1.54, 1.807) is 18.2 Å². The first kappa shape index (κ1) is 13.3. The van der Waals surface area contributed by atoms with Crippen LogP contribution >= 0.6 is 0 Å². The Balaban J connectivity index is 1.71. The van der Waals surface area contributed by atoms with Crippen LogP contribution in [0.3, 0.4) is 0 Å². The van der Waals surface area contributed by atoms with Crippen LogP contribution in [0.25, 0.3) is 22.1 Å². The summed E-state index contributed by atoms with van der Waals surface area (Å²) in [5.74, 6) is 0.486. The molecule has 0 saturated heterocycles. The molecule has 0 aliphatic rings. The summed E-state index contributed by atoms with van der Waals surface area (Å²) < 4.78 is 0. The fourth-order valence-electron chi connectivity index (χ4n) is 2.62. The molecule has 0 aliphatic carbocycles. The van der Waals surface area contributed by atoms with E-state index in [9.17, 15) is 4.79 Å². The second-order valence-electron chi connectivity index (χ2n) is 5.32. The van der Waals surface area contributed by atoms with Crippen LogP contribution in [0, 0.1) is 0 Å². The highest BCUT2D eigenvalue weighted by Gasteiger charge is 2.11. The third-order valence-corrected chi connectivity index (χ3v) is 3.71. The molecule has 4 aromatic rings. The maximum Gasteiger partial charge on any atom is 0.335 e. The third kappa shape index (κ3) is 2.28. The second-order valence-corrected chi connectivity index (χ2v) is 5.32. The van der Waals surface area contributed by atoms with Crippen molar-refractivity contribution in [1.82, 2.24) is 19.9 Å². The number of carboxylic acid groups (broad SMARTS) is 1. The van der Waals surface area contributed by atoms with E-state index in [2.05, 4.69) is 19.9 Å². The van der Waals surface area contributed by atoms with Gasteiger partial charge in [-0.2, -0.15) is 0 Å². The predicted octanol–water partition coefficient (Wildman–Crippen LogP) is 2.31. The van der Waals surface area contributed by atoms with Crippen LogP contribution in [-0.4, -0.2) is 31.0 Å². The fraction of sp³-hybridized carbons (Fsp3) is 0.0625. The van der Waals surface area contributed by atoms with Gasteiger partial charge in [-0.25, -0.2) is 14.8 Å². The monoisotopic (exact) mass is 307 g/mol. The Kier molecular flexibility index (Phi) is 2.80. The van der Waals surface area contributed by atoms with Crippen molar-refractivity contribution in [2.45, 2.75) is 6.42 Å². The first-order valence-corrected chi connectivity index (χ1v) is 7.05. The van der Waals surface area contributed by atoms with Crippen molar-refractivity contribution in [2.24, 2.45) is 0 Å². The number of nitrogen functional groups attached to an aromatic ring is 1. The fourth-order valence-corrected chi connectivity index (χ4v) is 2.62. The Morgan fingerprint density at radius 1 is 1.09 bits per heavy atom. The van der Waals surface area contributed by atoms with Gasteiger partial charge in [-0.3, -0.25) is 0 Å². The van der Waals surface area contributed by atoms with Gasteiger partial charge in [0, 0.05) is 0 Å². The number of H-pyrrole nitrogens is 2. The van der Waals surface area contributed by atoms with Crippen LogP contribution in [0.1, 0.15) is 22.0 Å². The van der Waals surface area contributed by atoms with Crippen LogP contribution in [0.15, 0.2) is 36.4 Å². The smallest absolute Gasteiger partial charge is 0.335 e. The number of fused-ring (bicyclic) bond motifs is 2. The molecule has 5 N–H and O–H groups in total. The Morgan fingerprint density at radius 3 is 2.65 bits per heavy atom. The molecule has 0 radical (unpaired) electrons. The van der Waals surface area contributed by atoms with Gasteiger partial charge in [0.1, 0.15) is 17.2 Å². The number of imidazole rings is 2. The van der Waals surface area contributed by atoms with Crippen LogP contribution in [0.2, 0.25) is 0 Å². The first-order chi connectivity index (χ1) is 11.1. The van der Waals surface area contributed by atoms with Gasteiger partial charge in [-0.05, 0) is 30.3 Å². The van der Waals surface area contributed by atoms with Crippen molar-refractivity contribution < 1.29 is 9.90 Å². The second kappa shape index (κ2) is 4.84. The molecule has 2 heterocycles. The summed E-state index contributed by atoms with van der Waals surface area (Å²) in [7, 11) is 0. The summed E-state index contributed by atoms with van der Waals surface area (Å²) in [6.07, 6.45) is 0.477. The summed E-state index contributed by atoms with van der Waals surface area (Å²) in [6, 6.07) is 10.4. The van der Waals surface area contributed by atoms with Crippen molar-refractivity contribution in [3.8, 4) is 0 Å². The van der Waals surface area contributed by atoms with Crippen LogP contribution in [0.4, 0.5) is 5.69 Å². The molecule has 0 saturated carbocycles. The predicted molar refractivity (Wildman–Crippen MR) is 86.4 cm³/mol. The quantitative estimate of drug-likeness (QED) is 0.433. The number of aromatic nitrogens is 4. The number of hydrogen-bond donors (Lipinski definition) is 4. The molecule has 2 aromatic carbocycles. The minimum atomic E-state index is -0.968. The molecule has 0 aliphatic heterocycles. The normalized spacial score (nSPS) is 11.3. The van der Waals surface area contributed by atoms with Gasteiger partial charge >= 0.3 is 5.97 Å². The van der Waals surface area contributed by atoms with E-state index >= 15 is 0 Å².